The fraction of sp³-hybridized carbons (Fsp3) is 0. The van der Waals surface area contributed by atoms with Crippen molar-refractivity contribution >= 4 is 22.3 Å². The Morgan fingerprint density at radius 3 is 2.89 bits per heavy atom. The molecule has 18 heavy (non-hydrogen) atoms. The van der Waals surface area contributed by atoms with Gasteiger partial charge in [-0.2, -0.15) is 0 Å². The highest BCUT2D eigenvalue weighted by Gasteiger charge is 2.04. The molecule has 6 nitrogen and oxygen atoms in total. The van der Waals surface area contributed by atoms with Gasteiger partial charge in [-0.15, -0.1) is 10.2 Å². The molecule has 0 aliphatic heterocycles. The van der Waals surface area contributed by atoms with Gasteiger partial charge in [0.05, 0.1) is 18.1 Å². The molecule has 0 saturated carbocycles. The van der Waals surface area contributed by atoms with Crippen molar-refractivity contribution in [3.63, 3.8) is 0 Å². The van der Waals surface area contributed by atoms with Crippen molar-refractivity contribution in [2.24, 2.45) is 0 Å². The van der Waals surface area contributed by atoms with Crippen molar-refractivity contribution in [2.45, 2.75) is 0 Å². The maximum absolute atomic E-state index is 4.42. The number of rotatable bonds is 3. The predicted molar refractivity (Wildman–Crippen MR) is 68.5 cm³/mol. The number of pyridine rings is 1. The fourth-order valence-electron chi connectivity index (χ4n) is 1.40. The molecule has 0 saturated heterocycles. The zero-order chi connectivity index (χ0) is 12.2. The smallest absolute Gasteiger partial charge is 0.211 e. The van der Waals surface area contributed by atoms with Crippen LogP contribution in [0, 0.1) is 0 Å². The molecular weight excluding hydrogens is 248 g/mol. The van der Waals surface area contributed by atoms with E-state index in [-0.39, 0.29) is 0 Å². The van der Waals surface area contributed by atoms with Gasteiger partial charge in [0.2, 0.25) is 5.13 Å². The van der Waals surface area contributed by atoms with Gasteiger partial charge in [0.1, 0.15) is 11.2 Å². The molecule has 3 aromatic heterocycles. The summed E-state index contributed by atoms with van der Waals surface area (Å²) in [6.45, 7) is 0. The molecule has 0 spiro atoms. The van der Waals surface area contributed by atoms with Gasteiger partial charge in [-0.25, -0.2) is 4.98 Å². The Balaban J connectivity index is 1.90. The molecule has 0 unspecified atom stereocenters. The van der Waals surface area contributed by atoms with Crippen molar-refractivity contribution in [1.29, 1.82) is 0 Å². The fourth-order valence-corrected chi connectivity index (χ4v) is 1.85. The minimum atomic E-state index is 0.620. The summed E-state index contributed by atoms with van der Waals surface area (Å²) >= 11 is 1.40. The Bertz CT molecular complexity index is 625. The minimum absolute atomic E-state index is 0.620. The number of nitrogens with zero attached hydrogens (tertiary/aromatic N) is 5. The van der Waals surface area contributed by atoms with Crippen LogP contribution in [0.25, 0.3) is 11.4 Å². The maximum Gasteiger partial charge on any atom is 0.211 e. The number of hydrogen-bond donors (Lipinski definition) is 1. The molecule has 0 aliphatic carbocycles. The predicted octanol–water partition coefficient (Wildman–Crippen LogP) is 2.13. The first-order chi connectivity index (χ1) is 8.92. The van der Waals surface area contributed by atoms with Gasteiger partial charge in [-0.3, -0.25) is 9.97 Å². The molecule has 88 valence electrons. The van der Waals surface area contributed by atoms with Crippen LogP contribution >= 0.6 is 11.3 Å². The Labute approximate surface area is 107 Å². The quantitative estimate of drug-likeness (QED) is 0.773. The van der Waals surface area contributed by atoms with Gasteiger partial charge >= 0.3 is 0 Å². The lowest BCUT2D eigenvalue weighted by Crippen LogP contribution is -1.96. The van der Waals surface area contributed by atoms with E-state index in [2.05, 4.69) is 30.5 Å². The highest BCUT2D eigenvalue weighted by Crippen LogP contribution is 2.18. The van der Waals surface area contributed by atoms with Gasteiger partial charge in [0, 0.05) is 6.20 Å². The van der Waals surface area contributed by atoms with Crippen LogP contribution in [-0.2, 0) is 0 Å². The second-order valence-electron chi connectivity index (χ2n) is 3.37. The van der Waals surface area contributed by atoms with Crippen molar-refractivity contribution in [2.75, 3.05) is 5.32 Å². The first-order valence-corrected chi connectivity index (χ1v) is 6.06. The molecule has 3 rings (SSSR count). The van der Waals surface area contributed by atoms with E-state index in [1.807, 2.05) is 18.2 Å². The minimum Gasteiger partial charge on any atom is -0.313 e. The Morgan fingerprint density at radius 1 is 1.11 bits per heavy atom. The molecule has 0 atom stereocenters. The monoisotopic (exact) mass is 256 g/mol. The number of hydrogen-bond acceptors (Lipinski definition) is 7. The molecular formula is C11H8N6S. The number of nitrogens with one attached hydrogen (secondary N) is 1. The summed E-state index contributed by atoms with van der Waals surface area (Å²) in [6, 6.07) is 5.66. The summed E-state index contributed by atoms with van der Waals surface area (Å²) in [5.74, 6) is 0.620. The van der Waals surface area contributed by atoms with Crippen molar-refractivity contribution in [3.8, 4) is 11.4 Å². The molecule has 0 fully saturated rings. The van der Waals surface area contributed by atoms with Gasteiger partial charge in [-0.05, 0) is 12.1 Å². The first kappa shape index (κ1) is 10.7. The number of aromatic nitrogens is 5. The largest absolute Gasteiger partial charge is 0.313 e. The van der Waals surface area contributed by atoms with E-state index in [0.29, 0.717) is 16.6 Å². The van der Waals surface area contributed by atoms with E-state index >= 15 is 0 Å². The molecule has 3 heterocycles. The SMILES string of the molecule is c1ccc(-c2cncc(Nc3nncs3)n2)nc1. The summed E-state index contributed by atoms with van der Waals surface area (Å²) < 4.78 is 0. The second kappa shape index (κ2) is 4.84. The van der Waals surface area contributed by atoms with E-state index in [9.17, 15) is 0 Å². The van der Waals surface area contributed by atoms with Crippen LogP contribution in [0.2, 0.25) is 0 Å². The summed E-state index contributed by atoms with van der Waals surface area (Å²) in [7, 11) is 0. The summed E-state index contributed by atoms with van der Waals surface area (Å²) in [6.07, 6.45) is 5.03. The highest BCUT2D eigenvalue weighted by molar-refractivity contribution is 7.13. The number of anilines is 2. The zero-order valence-corrected chi connectivity index (χ0v) is 10.0. The lowest BCUT2D eigenvalue weighted by molar-refractivity contribution is 1.08. The van der Waals surface area contributed by atoms with Gasteiger partial charge in [-0.1, -0.05) is 17.4 Å². The normalized spacial score (nSPS) is 10.2. The average molecular weight is 256 g/mol. The molecule has 0 aliphatic rings. The van der Waals surface area contributed by atoms with E-state index in [0.717, 1.165) is 5.69 Å². The Hall–Kier alpha value is -2.41. The third kappa shape index (κ3) is 2.30. The lowest BCUT2D eigenvalue weighted by atomic mass is 10.3. The molecule has 1 N–H and O–H groups in total. The third-order valence-electron chi connectivity index (χ3n) is 2.16. The van der Waals surface area contributed by atoms with Crippen LogP contribution in [0.5, 0.6) is 0 Å². The maximum atomic E-state index is 4.42. The molecule has 0 bridgehead atoms. The molecule has 0 amide bonds. The van der Waals surface area contributed by atoms with E-state index in [1.165, 1.54) is 11.3 Å². The topological polar surface area (TPSA) is 76.5 Å². The molecule has 3 aromatic rings. The van der Waals surface area contributed by atoms with Crippen LogP contribution in [0.3, 0.4) is 0 Å². The van der Waals surface area contributed by atoms with Gasteiger partial charge in [0.15, 0.2) is 5.82 Å². The van der Waals surface area contributed by atoms with Crippen molar-refractivity contribution < 1.29 is 0 Å². The first-order valence-electron chi connectivity index (χ1n) is 5.18. The van der Waals surface area contributed by atoms with Crippen LogP contribution in [-0.4, -0.2) is 25.1 Å². The summed E-state index contributed by atoms with van der Waals surface area (Å²) in [5, 5.41) is 11.4. The summed E-state index contributed by atoms with van der Waals surface area (Å²) in [5.41, 5.74) is 3.15. The zero-order valence-electron chi connectivity index (χ0n) is 9.19. The lowest BCUT2D eigenvalue weighted by Gasteiger charge is -2.03. The van der Waals surface area contributed by atoms with Gasteiger partial charge < -0.3 is 5.32 Å². The molecule has 0 aromatic carbocycles. The van der Waals surface area contributed by atoms with E-state index in [4.69, 9.17) is 0 Å². The Kier molecular flexibility index (Phi) is 2.89. The van der Waals surface area contributed by atoms with Gasteiger partial charge in [0.25, 0.3) is 0 Å². The van der Waals surface area contributed by atoms with Crippen LogP contribution in [0.4, 0.5) is 10.9 Å². The Morgan fingerprint density at radius 2 is 2.11 bits per heavy atom. The second-order valence-corrected chi connectivity index (χ2v) is 4.21. The summed E-state index contributed by atoms with van der Waals surface area (Å²) in [4.78, 5) is 12.8. The highest BCUT2D eigenvalue weighted by atomic mass is 32.1. The van der Waals surface area contributed by atoms with E-state index in [1.54, 1.807) is 24.1 Å². The third-order valence-corrected chi connectivity index (χ3v) is 2.76. The molecule has 0 radical (unpaired) electrons. The van der Waals surface area contributed by atoms with Crippen molar-refractivity contribution in [1.82, 2.24) is 25.1 Å². The van der Waals surface area contributed by atoms with Crippen LogP contribution < -0.4 is 5.32 Å². The molecule has 7 heteroatoms. The van der Waals surface area contributed by atoms with Crippen LogP contribution in [0.15, 0.2) is 42.3 Å². The van der Waals surface area contributed by atoms with Crippen LogP contribution in [0.1, 0.15) is 0 Å². The standard InChI is InChI=1S/C11H8N6S/c1-2-4-13-8(3-1)9-5-12-6-10(15-9)16-11-17-14-7-18-11/h1-7H,(H,15,16,17). The van der Waals surface area contributed by atoms with Crippen molar-refractivity contribution in [3.05, 3.63) is 42.3 Å². The average Bonchev–Trinajstić information content (AvgIpc) is 2.93. The van der Waals surface area contributed by atoms with E-state index < -0.39 is 0 Å².